The van der Waals surface area contributed by atoms with E-state index >= 15 is 0 Å². The van der Waals surface area contributed by atoms with Gasteiger partial charge in [-0.3, -0.25) is 0 Å². The number of allylic oxidation sites excluding steroid dienone is 8. The summed E-state index contributed by atoms with van der Waals surface area (Å²) in [6.45, 7) is 14.4. The molecule has 0 aromatic carbocycles. The minimum absolute atomic E-state index is 0.0730. The molecule has 0 amide bonds. The maximum atomic E-state index is 2.49. The first-order chi connectivity index (χ1) is 11.1. The molecule has 0 radical (unpaired) electrons. The van der Waals surface area contributed by atoms with Crippen LogP contribution >= 0.6 is 0 Å². The van der Waals surface area contributed by atoms with E-state index in [1.165, 1.54) is 38.5 Å². The van der Waals surface area contributed by atoms with Crippen molar-refractivity contribution in [1.29, 1.82) is 0 Å². The van der Waals surface area contributed by atoms with Gasteiger partial charge in [0.15, 0.2) is 0 Å². The van der Waals surface area contributed by atoms with Gasteiger partial charge in [-0.15, -0.1) is 0 Å². The van der Waals surface area contributed by atoms with Crippen LogP contribution in [0.4, 0.5) is 0 Å². The summed E-state index contributed by atoms with van der Waals surface area (Å²) in [6, 6.07) is 0. The Bertz CT molecular complexity index is 539. The molecule has 3 heteroatoms. The van der Waals surface area contributed by atoms with E-state index in [2.05, 4.69) is 40.8 Å². The summed E-state index contributed by atoms with van der Waals surface area (Å²) in [5.41, 5.74) is 7.00. The van der Waals surface area contributed by atoms with Crippen molar-refractivity contribution in [3.8, 4) is 0 Å². The molecule has 23 heavy (non-hydrogen) atoms. The van der Waals surface area contributed by atoms with Gasteiger partial charge in [-0.1, -0.05) is 0 Å². The Morgan fingerprint density at radius 3 is 1.35 bits per heavy atom. The normalized spacial score (nSPS) is 20.3. The van der Waals surface area contributed by atoms with Crippen LogP contribution in [0.2, 0.25) is 13.1 Å². The average Bonchev–Trinajstić information content (AvgIpc) is 3.10. The first-order valence-electron chi connectivity index (χ1n) is 9.59. The average molecular weight is 389 g/mol. The van der Waals surface area contributed by atoms with Crippen molar-refractivity contribution in [3.05, 3.63) is 41.8 Å². The van der Waals surface area contributed by atoms with Gasteiger partial charge < -0.3 is 0 Å². The molecule has 2 rings (SSSR count). The Labute approximate surface area is 154 Å². The van der Waals surface area contributed by atoms with Gasteiger partial charge in [0.25, 0.3) is 0 Å². The molecule has 0 fully saturated rings. The third-order valence-corrected chi connectivity index (χ3v) is 10.6. The van der Waals surface area contributed by atoms with Gasteiger partial charge in [0.2, 0.25) is 0 Å². The van der Waals surface area contributed by atoms with Crippen LogP contribution in [0.25, 0.3) is 0 Å². The van der Waals surface area contributed by atoms with Gasteiger partial charge in [-0.25, -0.2) is 0 Å². The standard InChI is InChI=1S/2C10H17Si.Ni/c2*1-4-8-6-7-10(11-3)9(8)5-2;/h2*4-6,11H2,1-3H3;. The van der Waals surface area contributed by atoms with Crippen molar-refractivity contribution in [1.82, 2.24) is 0 Å². The van der Waals surface area contributed by atoms with Crippen molar-refractivity contribution in [2.75, 3.05) is 0 Å². The van der Waals surface area contributed by atoms with Crippen LogP contribution < -0.4 is 0 Å². The Balaban J connectivity index is 2.29. The van der Waals surface area contributed by atoms with E-state index in [0.29, 0.717) is 0 Å². The summed E-state index contributed by atoms with van der Waals surface area (Å²) < 4.78 is 3.53. The molecule has 2 aliphatic carbocycles. The molecular weight excluding hydrogens is 355 g/mol. The molecule has 2 aliphatic rings. The van der Waals surface area contributed by atoms with E-state index in [4.69, 9.17) is 0 Å². The van der Waals surface area contributed by atoms with Gasteiger partial charge in [-0.2, -0.15) is 0 Å². The fourth-order valence-electron chi connectivity index (χ4n) is 4.17. The molecular formula is C20H34NiSi2. The third-order valence-electron chi connectivity index (χ3n) is 5.37. The Morgan fingerprint density at radius 2 is 1.09 bits per heavy atom. The predicted molar refractivity (Wildman–Crippen MR) is 107 cm³/mol. The number of hydrogen-bond acceptors (Lipinski definition) is 0. The minimum atomic E-state index is -0.0730. The predicted octanol–water partition coefficient (Wildman–Crippen LogP) is 4.97. The van der Waals surface area contributed by atoms with E-state index < -0.39 is 0 Å². The van der Waals surface area contributed by atoms with E-state index in [9.17, 15) is 0 Å². The van der Waals surface area contributed by atoms with Crippen molar-refractivity contribution in [2.24, 2.45) is 0 Å². The summed E-state index contributed by atoms with van der Waals surface area (Å²) in [7, 11) is -0.146. The zero-order chi connectivity index (χ0) is 17.0. The second kappa shape index (κ2) is 8.83. The zero-order valence-corrected chi connectivity index (χ0v) is 19.8. The second-order valence-electron chi connectivity index (χ2n) is 6.41. The molecule has 0 atom stereocenters. The third kappa shape index (κ3) is 3.77. The molecule has 0 aromatic heterocycles. The number of hydrogen-bond donors (Lipinski definition) is 0. The van der Waals surface area contributed by atoms with Crippen LogP contribution in [0.15, 0.2) is 41.8 Å². The van der Waals surface area contributed by atoms with Crippen LogP contribution in [0, 0.1) is 0 Å². The van der Waals surface area contributed by atoms with Gasteiger partial charge in [0.05, 0.1) is 0 Å². The van der Waals surface area contributed by atoms with Crippen molar-refractivity contribution in [3.63, 3.8) is 0 Å². The molecule has 0 unspecified atom stereocenters. The maximum absolute atomic E-state index is 2.49. The first-order valence-corrected chi connectivity index (χ1v) is 14.8. The summed E-state index contributed by atoms with van der Waals surface area (Å²) in [5, 5.41) is 3.66. The number of rotatable bonds is 8. The van der Waals surface area contributed by atoms with Crippen LogP contribution in [-0.2, 0) is 14.4 Å². The second-order valence-corrected chi connectivity index (χ2v) is 10.7. The van der Waals surface area contributed by atoms with E-state index in [0.717, 1.165) is 0 Å². The molecule has 0 saturated heterocycles. The Kier molecular flexibility index (Phi) is 7.38. The Morgan fingerprint density at radius 1 is 0.696 bits per heavy atom. The van der Waals surface area contributed by atoms with Crippen molar-refractivity contribution < 1.29 is 14.4 Å². The van der Waals surface area contributed by atoms with Crippen LogP contribution in [0.5, 0.6) is 0 Å². The quantitative estimate of drug-likeness (QED) is 0.515. The molecule has 0 saturated carbocycles. The van der Waals surface area contributed by atoms with E-state index in [-0.39, 0.29) is 19.0 Å². The summed E-state index contributed by atoms with van der Waals surface area (Å²) in [5.74, 6) is 0. The van der Waals surface area contributed by atoms with Crippen LogP contribution in [0.3, 0.4) is 0 Å². The first kappa shape index (κ1) is 19.2. The summed E-state index contributed by atoms with van der Waals surface area (Å²) in [6.07, 6.45) is 7.56. The van der Waals surface area contributed by atoms with Gasteiger partial charge in [0, 0.05) is 0 Å². The molecule has 0 N–H and O–H groups in total. The van der Waals surface area contributed by atoms with Crippen LogP contribution in [0.1, 0.15) is 66.2 Å². The van der Waals surface area contributed by atoms with E-state index in [1.54, 1.807) is 31.4 Å². The molecule has 0 nitrogen and oxygen atoms in total. The molecule has 0 aliphatic heterocycles. The molecule has 132 valence electrons. The fraction of sp³-hybridized carbons (Fsp3) is 0.600. The van der Waals surface area contributed by atoms with Crippen molar-refractivity contribution in [2.45, 2.75) is 79.3 Å². The zero-order valence-electron chi connectivity index (χ0n) is 16.0. The van der Waals surface area contributed by atoms with E-state index in [1.807, 2.05) is 24.8 Å². The topological polar surface area (TPSA) is 0 Å². The van der Waals surface area contributed by atoms with Gasteiger partial charge >= 0.3 is 155 Å². The molecule has 0 bridgehead atoms. The molecule has 0 spiro atoms. The fourth-order valence-corrected chi connectivity index (χ4v) is 10.1. The van der Waals surface area contributed by atoms with Crippen molar-refractivity contribution >= 4 is 19.0 Å². The molecule has 0 aromatic rings. The Hall–Kier alpha value is -0.113. The monoisotopic (exact) mass is 388 g/mol. The SMILES string of the molecule is CCC1=C(CC)C([SiH2]C)=[C]([Ni][C]2=C([SiH2]C)C(CC)=C(CC)C2)C1. The van der Waals surface area contributed by atoms with Crippen LogP contribution in [-0.4, -0.2) is 19.0 Å². The van der Waals surface area contributed by atoms with Gasteiger partial charge in [-0.05, 0) is 0 Å². The summed E-state index contributed by atoms with van der Waals surface area (Å²) in [4.78, 5) is 0. The molecule has 0 heterocycles. The van der Waals surface area contributed by atoms with Gasteiger partial charge in [0.1, 0.15) is 0 Å². The summed E-state index contributed by atoms with van der Waals surface area (Å²) >= 11 is 1.98.